The van der Waals surface area contributed by atoms with Crippen LogP contribution >= 0.6 is 0 Å². The van der Waals surface area contributed by atoms with Crippen LogP contribution in [-0.2, 0) is 10.2 Å². The first-order chi connectivity index (χ1) is 9.50. The largest absolute Gasteiger partial charge is 0.308 e. The quantitative estimate of drug-likeness (QED) is 0.752. The van der Waals surface area contributed by atoms with Gasteiger partial charge in [0, 0.05) is 26.5 Å². The van der Waals surface area contributed by atoms with E-state index in [0.717, 1.165) is 5.45 Å². The molecule has 0 aliphatic carbocycles. The summed E-state index contributed by atoms with van der Waals surface area (Å²) in [5.41, 5.74) is 2.01. The van der Waals surface area contributed by atoms with Crippen LogP contribution in [0.5, 0.6) is 0 Å². The molecule has 0 atom stereocenters. The zero-order valence-electron chi connectivity index (χ0n) is 14.5. The van der Waals surface area contributed by atoms with E-state index in [1.165, 1.54) is 8.28 Å². The fourth-order valence-corrected chi connectivity index (χ4v) is 11.7. The maximum absolute atomic E-state index is 12.6. The molecule has 0 saturated heterocycles. The molecule has 1 rings (SSSR count). The van der Waals surface area contributed by atoms with Gasteiger partial charge in [-0.3, -0.25) is 0 Å². The van der Waals surface area contributed by atoms with Crippen molar-refractivity contribution >= 4 is 23.7 Å². The summed E-state index contributed by atoms with van der Waals surface area (Å²) in [5, 5.41) is 0. The fourth-order valence-electron chi connectivity index (χ4n) is 3.73. The van der Waals surface area contributed by atoms with Gasteiger partial charge in [-0.05, 0) is 16.6 Å². The third-order valence-electron chi connectivity index (χ3n) is 4.57. The summed E-state index contributed by atoms with van der Waals surface area (Å²) in [5.74, 6) is 0. The van der Waals surface area contributed by atoms with E-state index in [9.17, 15) is 8.42 Å². The molecule has 0 unspecified atom stereocenters. The van der Waals surface area contributed by atoms with Crippen LogP contribution in [0.15, 0.2) is 12.4 Å². The zero-order valence-corrected chi connectivity index (χ0v) is 16.3. The first-order valence-electron chi connectivity index (χ1n) is 7.47. The lowest BCUT2D eigenvalue weighted by molar-refractivity contribution is 0.511. The minimum absolute atomic E-state index is 0.413. The van der Waals surface area contributed by atoms with Gasteiger partial charge in [0.25, 0.3) is 0 Å². The molecule has 1 heterocycles. The van der Waals surface area contributed by atoms with E-state index in [1.54, 1.807) is 26.5 Å². The van der Waals surface area contributed by atoms with Crippen LogP contribution in [0.1, 0.15) is 41.5 Å². The molecule has 7 heteroatoms. The van der Waals surface area contributed by atoms with Gasteiger partial charge < -0.3 is 0 Å². The first-order valence-corrected chi connectivity index (χ1v) is 11.1. The molecule has 0 aromatic carbocycles. The first kappa shape index (κ1) is 18.4. The van der Waals surface area contributed by atoms with Crippen molar-refractivity contribution in [3.8, 4) is 0 Å². The minimum atomic E-state index is -3.53. The predicted octanol–water partition coefficient (Wildman–Crippen LogP) is 2.42. The number of rotatable bonds is 6. The van der Waals surface area contributed by atoms with Crippen molar-refractivity contribution in [2.75, 3.05) is 14.1 Å². The Bertz CT molecular complexity index is 555. The van der Waals surface area contributed by atoms with Crippen LogP contribution in [0.3, 0.4) is 0 Å². The maximum atomic E-state index is 12.6. The molecule has 0 aliphatic rings. The number of aromatic nitrogens is 2. The van der Waals surface area contributed by atoms with E-state index >= 15 is 0 Å². The van der Waals surface area contributed by atoms with Crippen molar-refractivity contribution in [1.29, 1.82) is 0 Å². The van der Waals surface area contributed by atoms with Gasteiger partial charge in [0.15, 0.2) is 0 Å². The molecule has 0 fully saturated rings. The van der Waals surface area contributed by atoms with Crippen LogP contribution in [0.2, 0.25) is 16.6 Å². The van der Waals surface area contributed by atoms with Gasteiger partial charge in [-0.15, -0.1) is 0 Å². The summed E-state index contributed by atoms with van der Waals surface area (Å²) in [7, 11) is -2.52. The lowest BCUT2D eigenvalue weighted by atomic mass is 10.5. The highest BCUT2D eigenvalue weighted by atomic mass is 32.2. The molecule has 0 bridgehead atoms. The Morgan fingerprint density at radius 2 is 1.48 bits per heavy atom. The Morgan fingerprint density at radius 1 is 1.05 bits per heavy atom. The third kappa shape index (κ3) is 2.83. The molecular formula is C14H29N3O2SSi. The molecule has 1 aromatic rings. The predicted molar refractivity (Wildman–Crippen MR) is 90.9 cm³/mol. The molecule has 122 valence electrons. The Hall–Kier alpha value is -0.663. The van der Waals surface area contributed by atoms with Crippen LogP contribution in [-0.4, -0.2) is 43.8 Å². The third-order valence-corrected chi connectivity index (χ3v) is 13.3. The van der Waals surface area contributed by atoms with Crippen LogP contribution < -0.4 is 5.45 Å². The molecule has 0 radical (unpaired) electrons. The monoisotopic (exact) mass is 331 g/mol. The van der Waals surface area contributed by atoms with Crippen molar-refractivity contribution in [3.63, 3.8) is 0 Å². The molecule has 1 aromatic heterocycles. The number of nitrogens with zero attached hydrogens (tertiary/aromatic N) is 3. The van der Waals surface area contributed by atoms with Gasteiger partial charge in [0.05, 0.1) is 0 Å². The average molecular weight is 332 g/mol. The van der Waals surface area contributed by atoms with Crippen molar-refractivity contribution in [2.45, 2.75) is 58.2 Å². The lowest BCUT2D eigenvalue weighted by Gasteiger charge is -2.42. The summed E-state index contributed by atoms with van der Waals surface area (Å²) in [6.07, 6.45) is 3.20. The Kier molecular flexibility index (Phi) is 5.44. The minimum Gasteiger partial charge on any atom is -0.246 e. The molecule has 0 amide bonds. The van der Waals surface area contributed by atoms with E-state index in [-0.39, 0.29) is 0 Å². The average Bonchev–Trinajstić information content (AvgIpc) is 2.77. The van der Waals surface area contributed by atoms with Crippen molar-refractivity contribution in [1.82, 2.24) is 13.3 Å². The van der Waals surface area contributed by atoms with Crippen LogP contribution in [0, 0.1) is 0 Å². The van der Waals surface area contributed by atoms with Crippen molar-refractivity contribution in [2.24, 2.45) is 0 Å². The second-order valence-corrected chi connectivity index (χ2v) is 14.5. The number of imidazole rings is 1. The SMILES string of the molecule is CC(C)[Si](c1nccn1S(=O)(=O)N(C)C)(C(C)C)C(C)C. The Labute approximate surface area is 130 Å². The zero-order chi connectivity index (χ0) is 16.6. The molecule has 0 aliphatic heterocycles. The van der Waals surface area contributed by atoms with Crippen molar-refractivity contribution < 1.29 is 8.42 Å². The molecule has 5 nitrogen and oxygen atoms in total. The van der Waals surface area contributed by atoms with E-state index < -0.39 is 18.3 Å². The van der Waals surface area contributed by atoms with E-state index in [1.807, 2.05) is 0 Å². The molecular weight excluding hydrogens is 302 g/mol. The molecule has 0 spiro atoms. The van der Waals surface area contributed by atoms with Crippen molar-refractivity contribution in [3.05, 3.63) is 12.4 Å². The normalized spacial score (nSPS) is 13.9. The second kappa shape index (κ2) is 6.22. The van der Waals surface area contributed by atoms with Gasteiger partial charge >= 0.3 is 10.2 Å². The van der Waals surface area contributed by atoms with E-state index in [4.69, 9.17) is 0 Å². The van der Waals surface area contributed by atoms with E-state index in [0.29, 0.717) is 16.6 Å². The summed E-state index contributed by atoms with van der Waals surface area (Å²) in [6.45, 7) is 13.2. The topological polar surface area (TPSA) is 55.2 Å². The Balaban J connectivity index is 3.69. The fraction of sp³-hybridized carbons (Fsp3) is 0.786. The number of hydrogen-bond acceptors (Lipinski definition) is 3. The summed E-state index contributed by atoms with van der Waals surface area (Å²) < 4.78 is 27.8. The van der Waals surface area contributed by atoms with Gasteiger partial charge in [0.2, 0.25) is 0 Å². The lowest BCUT2D eigenvalue weighted by Crippen LogP contribution is -2.60. The van der Waals surface area contributed by atoms with Gasteiger partial charge in [-0.1, -0.05) is 41.5 Å². The summed E-state index contributed by atoms with van der Waals surface area (Å²) in [4.78, 5) is 4.52. The van der Waals surface area contributed by atoms with Gasteiger partial charge in [-0.2, -0.15) is 12.7 Å². The number of hydrogen-bond donors (Lipinski definition) is 0. The highest BCUT2D eigenvalue weighted by Crippen LogP contribution is 2.40. The van der Waals surface area contributed by atoms with Gasteiger partial charge in [-0.25, -0.2) is 8.96 Å². The molecule has 21 heavy (non-hydrogen) atoms. The maximum Gasteiger partial charge on any atom is 0.308 e. The van der Waals surface area contributed by atoms with Gasteiger partial charge in [0.1, 0.15) is 13.5 Å². The highest BCUT2D eigenvalue weighted by molar-refractivity contribution is 7.87. The summed E-state index contributed by atoms with van der Waals surface area (Å²) in [6, 6.07) is 0. The van der Waals surface area contributed by atoms with E-state index in [2.05, 4.69) is 46.5 Å². The standard InChI is InChI=1S/C14H29N3O2SSi/c1-11(2)21(12(3)4,13(5)6)14-15-9-10-17(14)20(18,19)16(7)8/h9-13H,1-8H3. The van der Waals surface area contributed by atoms with Crippen LogP contribution in [0.4, 0.5) is 0 Å². The Morgan fingerprint density at radius 3 is 1.81 bits per heavy atom. The highest BCUT2D eigenvalue weighted by Gasteiger charge is 2.49. The molecule has 0 saturated carbocycles. The second-order valence-electron chi connectivity index (χ2n) is 6.73. The molecule has 0 N–H and O–H groups in total. The van der Waals surface area contributed by atoms with Crippen LogP contribution in [0.25, 0.3) is 0 Å². The smallest absolute Gasteiger partial charge is 0.246 e. The summed E-state index contributed by atoms with van der Waals surface area (Å²) >= 11 is 0.